The first-order valence-corrected chi connectivity index (χ1v) is 12.8. The van der Waals surface area contributed by atoms with Gasteiger partial charge in [0.1, 0.15) is 0 Å². The summed E-state index contributed by atoms with van der Waals surface area (Å²) in [6.45, 7) is 5.02. The van der Waals surface area contributed by atoms with Crippen LogP contribution in [0.15, 0.2) is 53.1 Å². The molecule has 1 aliphatic heterocycles. The number of nitrogens with one attached hydrogen (secondary N) is 1. The molecule has 1 aliphatic rings. The molecule has 1 saturated heterocycles. The normalized spacial score (nSPS) is 16.6. The highest BCUT2D eigenvalue weighted by Crippen LogP contribution is 2.22. The number of nitrogens with zero attached hydrogens (tertiary/aromatic N) is 3. The predicted molar refractivity (Wildman–Crippen MR) is 133 cm³/mol. The molecule has 1 aromatic heterocycles. The minimum atomic E-state index is -0.00113. The molecule has 1 amide bonds. The van der Waals surface area contributed by atoms with Crippen molar-refractivity contribution in [3.05, 3.63) is 70.6 Å². The van der Waals surface area contributed by atoms with Gasteiger partial charge < -0.3 is 9.84 Å². The van der Waals surface area contributed by atoms with Crippen LogP contribution < -0.4 is 5.32 Å². The topological polar surface area (TPSA) is 71.3 Å². The van der Waals surface area contributed by atoms with Gasteiger partial charge in [0.25, 0.3) is 0 Å². The van der Waals surface area contributed by atoms with Crippen molar-refractivity contribution in [1.82, 2.24) is 20.4 Å². The van der Waals surface area contributed by atoms with Gasteiger partial charge in [-0.15, -0.1) is 0 Å². The fourth-order valence-corrected chi connectivity index (χ4v) is 5.05. The first-order valence-electron chi connectivity index (χ1n) is 11.3. The lowest BCUT2D eigenvalue weighted by Crippen LogP contribution is -2.43. The summed E-state index contributed by atoms with van der Waals surface area (Å²) in [6, 6.07) is 15.8. The molecule has 33 heavy (non-hydrogen) atoms. The number of halogens is 1. The van der Waals surface area contributed by atoms with E-state index in [-0.39, 0.29) is 11.8 Å². The summed E-state index contributed by atoms with van der Waals surface area (Å²) in [4.78, 5) is 19.4. The van der Waals surface area contributed by atoms with E-state index < -0.39 is 0 Å². The molecule has 1 unspecified atom stereocenters. The molecule has 1 atom stereocenters. The van der Waals surface area contributed by atoms with Crippen molar-refractivity contribution < 1.29 is 9.32 Å². The molecule has 3 aromatic rings. The van der Waals surface area contributed by atoms with Gasteiger partial charge in [-0.1, -0.05) is 41.0 Å². The van der Waals surface area contributed by atoms with Gasteiger partial charge in [-0.25, -0.2) is 0 Å². The third kappa shape index (κ3) is 6.82. The highest BCUT2D eigenvalue weighted by molar-refractivity contribution is 7.98. The van der Waals surface area contributed by atoms with Gasteiger partial charge >= 0.3 is 0 Å². The Morgan fingerprint density at radius 2 is 2.06 bits per heavy atom. The summed E-state index contributed by atoms with van der Waals surface area (Å²) in [7, 11) is 0. The molecular weight excluding hydrogens is 456 g/mol. The molecule has 0 spiro atoms. The molecule has 6 nitrogen and oxygen atoms in total. The van der Waals surface area contributed by atoms with Crippen LogP contribution in [0.25, 0.3) is 11.4 Å². The number of aromatic nitrogens is 2. The highest BCUT2D eigenvalue weighted by atomic mass is 35.5. The van der Waals surface area contributed by atoms with Crippen LogP contribution in [0.2, 0.25) is 5.02 Å². The number of aryl methyl sites for hydroxylation is 1. The monoisotopic (exact) mass is 484 g/mol. The van der Waals surface area contributed by atoms with Gasteiger partial charge in [0, 0.05) is 35.2 Å². The Morgan fingerprint density at radius 1 is 1.24 bits per heavy atom. The second kappa shape index (κ2) is 11.7. The van der Waals surface area contributed by atoms with Crippen molar-refractivity contribution in [2.75, 3.05) is 25.4 Å². The SMILES string of the molecule is Cc1ccccc1CSCCNC(=O)C1CCCN(Cc2nc(-c3ccc(Cl)cc3)no2)C1. The molecule has 174 valence electrons. The van der Waals surface area contributed by atoms with Crippen LogP contribution in [0, 0.1) is 12.8 Å². The maximum absolute atomic E-state index is 12.7. The van der Waals surface area contributed by atoms with E-state index in [0.29, 0.717) is 36.4 Å². The Morgan fingerprint density at radius 3 is 2.88 bits per heavy atom. The van der Waals surface area contributed by atoms with Gasteiger partial charge in [-0.3, -0.25) is 9.69 Å². The number of amides is 1. The zero-order chi connectivity index (χ0) is 23.0. The lowest BCUT2D eigenvalue weighted by atomic mass is 9.97. The highest BCUT2D eigenvalue weighted by Gasteiger charge is 2.26. The van der Waals surface area contributed by atoms with Crippen molar-refractivity contribution in [2.45, 2.75) is 32.1 Å². The van der Waals surface area contributed by atoms with Gasteiger partial charge in [0.05, 0.1) is 12.5 Å². The minimum Gasteiger partial charge on any atom is -0.355 e. The smallest absolute Gasteiger partial charge is 0.241 e. The van der Waals surface area contributed by atoms with Crippen molar-refractivity contribution >= 4 is 29.3 Å². The molecule has 2 heterocycles. The first-order chi connectivity index (χ1) is 16.1. The van der Waals surface area contributed by atoms with Crippen LogP contribution in [0.1, 0.15) is 29.9 Å². The van der Waals surface area contributed by atoms with Crippen molar-refractivity contribution in [3.63, 3.8) is 0 Å². The zero-order valence-corrected chi connectivity index (χ0v) is 20.4. The summed E-state index contributed by atoms with van der Waals surface area (Å²) >= 11 is 7.80. The standard InChI is InChI=1S/C25H29ClN4O2S/c1-18-5-2-3-6-21(18)17-33-14-12-27-25(31)20-7-4-13-30(15-20)16-23-28-24(29-32-23)19-8-10-22(26)11-9-19/h2-3,5-6,8-11,20H,4,7,12-17H2,1H3,(H,27,31). The third-order valence-electron chi connectivity index (χ3n) is 5.87. The summed E-state index contributed by atoms with van der Waals surface area (Å²) in [5, 5.41) is 7.87. The van der Waals surface area contributed by atoms with E-state index in [1.165, 1.54) is 11.1 Å². The molecule has 0 saturated carbocycles. The van der Waals surface area contributed by atoms with Crippen LogP contribution in [0.5, 0.6) is 0 Å². The molecule has 4 rings (SSSR count). The van der Waals surface area contributed by atoms with Gasteiger partial charge in [-0.05, 0) is 61.7 Å². The number of carbonyl (C=O) groups excluding carboxylic acids is 1. The van der Waals surface area contributed by atoms with E-state index in [0.717, 1.165) is 36.5 Å². The fraction of sp³-hybridized carbons (Fsp3) is 0.400. The number of piperidine rings is 1. The van der Waals surface area contributed by atoms with Gasteiger partial charge in [0.2, 0.25) is 17.6 Å². The van der Waals surface area contributed by atoms with Gasteiger partial charge in [0.15, 0.2) is 0 Å². The summed E-state index contributed by atoms with van der Waals surface area (Å²) in [6.07, 6.45) is 1.90. The number of carbonyl (C=O) groups is 1. The quantitative estimate of drug-likeness (QED) is 0.433. The number of benzene rings is 2. The maximum Gasteiger partial charge on any atom is 0.241 e. The number of likely N-dealkylation sites (tertiary alicyclic amines) is 1. The largest absolute Gasteiger partial charge is 0.355 e. The van der Waals surface area contributed by atoms with Crippen LogP contribution in [0.4, 0.5) is 0 Å². The Bertz CT molecular complexity index is 1060. The first kappa shape index (κ1) is 23.8. The minimum absolute atomic E-state index is 0.00113. The molecular formula is C25H29ClN4O2S. The summed E-state index contributed by atoms with van der Waals surface area (Å²) < 4.78 is 5.45. The Hall–Kier alpha value is -2.35. The average molecular weight is 485 g/mol. The molecule has 0 aliphatic carbocycles. The fourth-order valence-electron chi connectivity index (χ4n) is 3.98. The Labute approximate surface area is 204 Å². The average Bonchev–Trinajstić information content (AvgIpc) is 3.29. The second-order valence-electron chi connectivity index (χ2n) is 8.36. The molecule has 1 N–H and O–H groups in total. The van der Waals surface area contributed by atoms with Crippen LogP contribution in [-0.2, 0) is 17.1 Å². The molecule has 2 aromatic carbocycles. The van der Waals surface area contributed by atoms with E-state index in [1.54, 1.807) is 0 Å². The maximum atomic E-state index is 12.7. The Balaban J connectivity index is 1.20. The van der Waals surface area contributed by atoms with Gasteiger partial charge in [-0.2, -0.15) is 16.7 Å². The predicted octanol–water partition coefficient (Wildman–Crippen LogP) is 4.96. The Kier molecular flexibility index (Phi) is 8.42. The van der Waals surface area contributed by atoms with Crippen LogP contribution in [0.3, 0.4) is 0 Å². The van der Waals surface area contributed by atoms with Crippen molar-refractivity contribution in [2.24, 2.45) is 5.92 Å². The lowest BCUT2D eigenvalue weighted by Gasteiger charge is -2.30. The van der Waals surface area contributed by atoms with E-state index in [2.05, 4.69) is 51.5 Å². The van der Waals surface area contributed by atoms with E-state index in [1.807, 2.05) is 36.0 Å². The third-order valence-corrected chi connectivity index (χ3v) is 7.13. The molecule has 8 heteroatoms. The second-order valence-corrected chi connectivity index (χ2v) is 9.90. The van der Waals surface area contributed by atoms with E-state index in [9.17, 15) is 4.79 Å². The van der Waals surface area contributed by atoms with Crippen LogP contribution >= 0.6 is 23.4 Å². The number of rotatable bonds is 9. The number of hydrogen-bond acceptors (Lipinski definition) is 6. The number of hydrogen-bond donors (Lipinski definition) is 1. The molecule has 0 bridgehead atoms. The van der Waals surface area contributed by atoms with E-state index in [4.69, 9.17) is 16.1 Å². The van der Waals surface area contributed by atoms with Crippen molar-refractivity contribution in [1.29, 1.82) is 0 Å². The summed E-state index contributed by atoms with van der Waals surface area (Å²) in [5.74, 6) is 3.14. The van der Waals surface area contributed by atoms with Crippen molar-refractivity contribution in [3.8, 4) is 11.4 Å². The molecule has 0 radical (unpaired) electrons. The van der Waals surface area contributed by atoms with E-state index >= 15 is 0 Å². The molecule has 1 fully saturated rings. The lowest BCUT2D eigenvalue weighted by molar-refractivity contribution is -0.126. The summed E-state index contributed by atoms with van der Waals surface area (Å²) in [5.41, 5.74) is 3.54. The number of thioether (sulfide) groups is 1. The van der Waals surface area contributed by atoms with Crippen LogP contribution in [-0.4, -0.2) is 46.3 Å². The zero-order valence-electron chi connectivity index (χ0n) is 18.8.